The van der Waals surface area contributed by atoms with Crippen LogP contribution >= 0.6 is 27.3 Å². The molecule has 0 aliphatic heterocycles. The summed E-state index contributed by atoms with van der Waals surface area (Å²) in [6.07, 6.45) is 2.22. The normalized spacial score (nSPS) is 11.9. The van der Waals surface area contributed by atoms with E-state index >= 15 is 0 Å². The fourth-order valence-corrected chi connectivity index (χ4v) is 5.50. The summed E-state index contributed by atoms with van der Waals surface area (Å²) in [5.74, 6) is -0.279. The summed E-state index contributed by atoms with van der Waals surface area (Å²) in [7, 11) is -1.90. The van der Waals surface area contributed by atoms with E-state index in [2.05, 4.69) is 21.2 Å². The molecule has 1 N–H and O–H groups in total. The number of nitrogens with one attached hydrogen (secondary N) is 1. The van der Waals surface area contributed by atoms with Crippen LogP contribution in [0.5, 0.6) is 0 Å². The predicted molar refractivity (Wildman–Crippen MR) is 104 cm³/mol. The Morgan fingerprint density at radius 3 is 2.56 bits per heavy atom. The van der Waals surface area contributed by atoms with E-state index in [1.807, 2.05) is 12.1 Å². The topological polar surface area (TPSA) is 71.4 Å². The Bertz CT molecular complexity index is 839. The minimum atomic E-state index is -3.57. The van der Waals surface area contributed by atoms with Gasteiger partial charge in [0.15, 0.2) is 0 Å². The molecule has 6 nitrogen and oxygen atoms in total. The van der Waals surface area contributed by atoms with Crippen LogP contribution in [0.2, 0.25) is 0 Å². The zero-order valence-corrected chi connectivity index (χ0v) is 17.7. The van der Waals surface area contributed by atoms with Crippen molar-refractivity contribution in [2.75, 3.05) is 19.6 Å². The Balaban J connectivity index is 2.07. The van der Waals surface area contributed by atoms with E-state index in [-0.39, 0.29) is 10.8 Å². The van der Waals surface area contributed by atoms with Crippen molar-refractivity contribution in [3.8, 4) is 0 Å². The van der Waals surface area contributed by atoms with E-state index in [0.29, 0.717) is 25.3 Å². The van der Waals surface area contributed by atoms with Gasteiger partial charge in [0.2, 0.25) is 10.0 Å². The van der Waals surface area contributed by atoms with Crippen molar-refractivity contribution in [2.24, 2.45) is 7.05 Å². The first-order chi connectivity index (χ1) is 11.8. The monoisotopic (exact) mass is 447 g/mol. The zero-order valence-electron chi connectivity index (χ0n) is 14.5. The van der Waals surface area contributed by atoms with Crippen molar-refractivity contribution in [1.82, 2.24) is 14.2 Å². The molecule has 25 heavy (non-hydrogen) atoms. The lowest BCUT2D eigenvalue weighted by Gasteiger charge is -2.17. The van der Waals surface area contributed by atoms with Crippen LogP contribution in [0.4, 0.5) is 0 Å². The van der Waals surface area contributed by atoms with E-state index in [4.69, 9.17) is 0 Å². The molecule has 2 aromatic rings. The molecule has 1 amide bonds. The SMILES string of the molecule is CCN(CC)S(=O)(=O)c1cc(C(=O)NCCc2ccc(Br)s2)n(C)c1. The van der Waals surface area contributed by atoms with Crippen LogP contribution in [0.1, 0.15) is 29.2 Å². The van der Waals surface area contributed by atoms with Crippen LogP contribution in [0.15, 0.2) is 33.1 Å². The highest BCUT2D eigenvalue weighted by Gasteiger charge is 2.25. The fraction of sp³-hybridized carbons (Fsp3) is 0.438. The number of carbonyl (C=O) groups excluding carboxylic acids is 1. The number of sulfonamides is 1. The van der Waals surface area contributed by atoms with Crippen LogP contribution in [0, 0.1) is 0 Å². The molecule has 2 rings (SSSR count). The van der Waals surface area contributed by atoms with Crippen molar-refractivity contribution in [3.63, 3.8) is 0 Å². The van der Waals surface area contributed by atoms with Crippen LogP contribution in [0.25, 0.3) is 0 Å². The second-order valence-electron chi connectivity index (χ2n) is 5.47. The molecule has 0 saturated heterocycles. The average Bonchev–Trinajstić information content (AvgIpc) is 3.14. The molecule has 0 bridgehead atoms. The molecule has 0 saturated carbocycles. The summed E-state index contributed by atoms with van der Waals surface area (Å²) in [5.41, 5.74) is 0.332. The average molecular weight is 448 g/mol. The number of amides is 1. The largest absolute Gasteiger partial charge is 0.350 e. The highest BCUT2D eigenvalue weighted by molar-refractivity contribution is 9.11. The molecular formula is C16H22BrN3O3S2. The molecule has 0 spiro atoms. The first-order valence-corrected chi connectivity index (χ1v) is 11.0. The third-order valence-corrected chi connectivity index (χ3v) is 7.54. The highest BCUT2D eigenvalue weighted by Crippen LogP contribution is 2.22. The molecule has 0 unspecified atom stereocenters. The van der Waals surface area contributed by atoms with Gasteiger partial charge < -0.3 is 9.88 Å². The Morgan fingerprint density at radius 2 is 2.00 bits per heavy atom. The van der Waals surface area contributed by atoms with Gasteiger partial charge >= 0.3 is 0 Å². The Kier molecular flexibility index (Phi) is 6.84. The Morgan fingerprint density at radius 1 is 1.32 bits per heavy atom. The smallest absolute Gasteiger partial charge is 0.267 e. The molecule has 138 valence electrons. The van der Waals surface area contributed by atoms with Crippen molar-refractivity contribution in [3.05, 3.63) is 38.8 Å². The minimum absolute atomic E-state index is 0.144. The van der Waals surface area contributed by atoms with Crippen LogP contribution in [0.3, 0.4) is 0 Å². The molecule has 0 atom stereocenters. The molecule has 0 aromatic carbocycles. The van der Waals surface area contributed by atoms with Gasteiger partial charge in [-0.3, -0.25) is 4.79 Å². The van der Waals surface area contributed by atoms with Crippen LogP contribution in [-0.4, -0.2) is 42.8 Å². The number of nitrogens with zero attached hydrogens (tertiary/aromatic N) is 2. The summed E-state index contributed by atoms with van der Waals surface area (Å²) in [5, 5.41) is 2.84. The molecular weight excluding hydrogens is 426 g/mol. The number of aromatic nitrogens is 1. The second-order valence-corrected chi connectivity index (χ2v) is 9.96. The summed E-state index contributed by atoms with van der Waals surface area (Å²) in [4.78, 5) is 13.7. The maximum Gasteiger partial charge on any atom is 0.267 e. The molecule has 0 aliphatic carbocycles. The van der Waals surface area contributed by atoms with E-state index < -0.39 is 10.0 Å². The second kappa shape index (κ2) is 8.48. The number of halogens is 1. The predicted octanol–water partition coefficient (Wildman–Crippen LogP) is 2.85. The minimum Gasteiger partial charge on any atom is -0.350 e. The third kappa shape index (κ3) is 4.72. The number of rotatable bonds is 8. The zero-order chi connectivity index (χ0) is 18.6. The summed E-state index contributed by atoms with van der Waals surface area (Å²) in [6, 6.07) is 5.42. The van der Waals surface area contributed by atoms with Gasteiger partial charge in [-0.1, -0.05) is 13.8 Å². The maximum atomic E-state index is 12.6. The van der Waals surface area contributed by atoms with E-state index in [9.17, 15) is 13.2 Å². The number of thiophene rings is 1. The van der Waals surface area contributed by atoms with Gasteiger partial charge in [-0.15, -0.1) is 11.3 Å². The molecule has 0 aliphatic rings. The van der Waals surface area contributed by atoms with Gasteiger partial charge in [0.25, 0.3) is 5.91 Å². The highest BCUT2D eigenvalue weighted by atomic mass is 79.9. The summed E-state index contributed by atoms with van der Waals surface area (Å²) in [6.45, 7) is 4.87. The molecule has 2 heterocycles. The third-order valence-electron chi connectivity index (χ3n) is 3.84. The maximum absolute atomic E-state index is 12.6. The fourth-order valence-electron chi connectivity index (χ4n) is 2.49. The number of carbonyl (C=O) groups is 1. The summed E-state index contributed by atoms with van der Waals surface area (Å²) < 4.78 is 29.1. The lowest BCUT2D eigenvalue weighted by atomic mass is 10.3. The lowest BCUT2D eigenvalue weighted by Crippen LogP contribution is -2.30. The van der Waals surface area contributed by atoms with Gasteiger partial charge in [0, 0.05) is 37.8 Å². The molecule has 2 aromatic heterocycles. The van der Waals surface area contributed by atoms with Gasteiger partial charge in [0.05, 0.1) is 3.79 Å². The Labute approximate surface area is 161 Å². The number of hydrogen-bond donors (Lipinski definition) is 1. The van der Waals surface area contributed by atoms with Gasteiger partial charge in [-0.2, -0.15) is 4.31 Å². The number of hydrogen-bond acceptors (Lipinski definition) is 4. The van der Waals surface area contributed by atoms with Gasteiger partial charge in [0.1, 0.15) is 10.6 Å². The molecule has 0 radical (unpaired) electrons. The van der Waals surface area contributed by atoms with Crippen LogP contribution < -0.4 is 5.32 Å². The van der Waals surface area contributed by atoms with E-state index in [1.165, 1.54) is 21.4 Å². The van der Waals surface area contributed by atoms with Crippen molar-refractivity contribution >= 4 is 43.2 Å². The first-order valence-electron chi connectivity index (χ1n) is 7.98. The first kappa shape index (κ1) is 20.2. The Hall–Kier alpha value is -1.16. The quantitative estimate of drug-likeness (QED) is 0.675. The van der Waals surface area contributed by atoms with E-state index in [1.54, 1.807) is 36.8 Å². The van der Waals surface area contributed by atoms with Gasteiger partial charge in [-0.25, -0.2) is 8.42 Å². The van der Waals surface area contributed by atoms with Crippen molar-refractivity contribution < 1.29 is 13.2 Å². The van der Waals surface area contributed by atoms with Crippen molar-refractivity contribution in [1.29, 1.82) is 0 Å². The van der Waals surface area contributed by atoms with Crippen LogP contribution in [-0.2, 0) is 23.5 Å². The van der Waals surface area contributed by atoms with Gasteiger partial charge in [-0.05, 0) is 40.5 Å². The lowest BCUT2D eigenvalue weighted by molar-refractivity contribution is 0.0946. The molecule has 0 fully saturated rings. The van der Waals surface area contributed by atoms with Crippen molar-refractivity contribution in [2.45, 2.75) is 25.2 Å². The number of aryl methyl sites for hydroxylation is 1. The summed E-state index contributed by atoms with van der Waals surface area (Å²) >= 11 is 5.04. The standard InChI is InChI=1S/C16H22BrN3O3S2/c1-4-20(5-2)25(22,23)13-10-14(19(3)11-13)16(21)18-9-8-12-6-7-15(17)24-12/h6-7,10-11H,4-5,8-9H2,1-3H3,(H,18,21). The molecule has 9 heteroatoms. The van der Waals surface area contributed by atoms with E-state index in [0.717, 1.165) is 10.2 Å².